The lowest BCUT2D eigenvalue weighted by atomic mass is 9.99. The average Bonchev–Trinajstić information content (AvgIpc) is 3.08. The van der Waals surface area contributed by atoms with Crippen LogP contribution in [0.15, 0.2) is 48.5 Å². The van der Waals surface area contributed by atoms with E-state index < -0.39 is 5.97 Å². The van der Waals surface area contributed by atoms with Crippen LogP contribution in [-0.4, -0.2) is 25.8 Å². The first kappa shape index (κ1) is 18.8. The van der Waals surface area contributed by atoms with E-state index in [9.17, 15) is 9.90 Å². The SMILES string of the molecule is CCCCc1nc(CC)n(Cc2ccc(-c3ccccc3C(=O)O)cc2)n1. The molecule has 2 aromatic carbocycles. The molecule has 1 aromatic heterocycles. The van der Waals surface area contributed by atoms with Gasteiger partial charge in [0.2, 0.25) is 0 Å². The minimum absolute atomic E-state index is 0.315. The number of carbonyl (C=O) groups is 1. The molecule has 0 saturated heterocycles. The number of carboxylic acids is 1. The van der Waals surface area contributed by atoms with Crippen molar-refractivity contribution in [3.8, 4) is 11.1 Å². The number of benzene rings is 2. The van der Waals surface area contributed by atoms with Crippen LogP contribution in [0, 0.1) is 0 Å². The van der Waals surface area contributed by atoms with E-state index in [0.29, 0.717) is 12.1 Å². The summed E-state index contributed by atoms with van der Waals surface area (Å²) in [6, 6.07) is 15.1. The summed E-state index contributed by atoms with van der Waals surface area (Å²) in [4.78, 5) is 16.1. The molecule has 0 amide bonds. The monoisotopic (exact) mass is 363 g/mol. The van der Waals surface area contributed by atoms with Crippen molar-refractivity contribution in [2.75, 3.05) is 0 Å². The highest BCUT2D eigenvalue weighted by atomic mass is 16.4. The summed E-state index contributed by atoms with van der Waals surface area (Å²) in [6.45, 7) is 4.93. The van der Waals surface area contributed by atoms with Crippen LogP contribution in [0.1, 0.15) is 54.3 Å². The van der Waals surface area contributed by atoms with Gasteiger partial charge in [-0.1, -0.05) is 62.7 Å². The Bertz CT molecular complexity index is 914. The smallest absolute Gasteiger partial charge is 0.336 e. The van der Waals surface area contributed by atoms with Gasteiger partial charge in [0, 0.05) is 12.8 Å². The zero-order valence-corrected chi connectivity index (χ0v) is 15.9. The molecule has 0 unspecified atom stereocenters. The summed E-state index contributed by atoms with van der Waals surface area (Å²) < 4.78 is 1.98. The van der Waals surface area contributed by atoms with Crippen molar-refractivity contribution < 1.29 is 9.90 Å². The van der Waals surface area contributed by atoms with E-state index in [1.165, 1.54) is 0 Å². The zero-order chi connectivity index (χ0) is 19.2. The molecule has 0 saturated carbocycles. The first-order valence-corrected chi connectivity index (χ1v) is 9.46. The molecule has 0 spiro atoms. The normalized spacial score (nSPS) is 10.9. The Morgan fingerprint density at radius 3 is 2.48 bits per heavy atom. The van der Waals surface area contributed by atoms with Crippen LogP contribution in [-0.2, 0) is 19.4 Å². The fourth-order valence-electron chi connectivity index (χ4n) is 3.14. The Morgan fingerprint density at radius 1 is 1.07 bits per heavy atom. The number of unbranched alkanes of at least 4 members (excludes halogenated alkanes) is 1. The number of aryl methyl sites for hydroxylation is 2. The number of hydrogen-bond donors (Lipinski definition) is 1. The molecule has 3 rings (SSSR count). The van der Waals surface area contributed by atoms with Crippen LogP contribution in [0.3, 0.4) is 0 Å². The third kappa shape index (κ3) is 4.42. The number of carboxylic acid groups (broad SMARTS) is 1. The molecule has 0 aliphatic heterocycles. The molecule has 0 fully saturated rings. The molecule has 0 bridgehead atoms. The largest absolute Gasteiger partial charge is 0.478 e. The average molecular weight is 363 g/mol. The fraction of sp³-hybridized carbons (Fsp3) is 0.318. The van der Waals surface area contributed by atoms with E-state index in [-0.39, 0.29) is 0 Å². The third-order valence-corrected chi connectivity index (χ3v) is 4.62. The molecule has 0 aliphatic carbocycles. The minimum Gasteiger partial charge on any atom is -0.478 e. The lowest BCUT2D eigenvalue weighted by Crippen LogP contribution is -2.06. The van der Waals surface area contributed by atoms with Gasteiger partial charge in [-0.2, -0.15) is 5.10 Å². The van der Waals surface area contributed by atoms with Gasteiger partial charge < -0.3 is 5.11 Å². The Labute approximate surface area is 159 Å². The summed E-state index contributed by atoms with van der Waals surface area (Å²) in [5, 5.41) is 14.0. The van der Waals surface area contributed by atoms with Crippen molar-refractivity contribution in [2.24, 2.45) is 0 Å². The molecule has 1 heterocycles. The first-order chi connectivity index (χ1) is 13.1. The van der Waals surface area contributed by atoms with Gasteiger partial charge in [0.15, 0.2) is 5.82 Å². The van der Waals surface area contributed by atoms with Crippen LogP contribution in [0.5, 0.6) is 0 Å². The van der Waals surface area contributed by atoms with Gasteiger partial charge in [-0.15, -0.1) is 0 Å². The Morgan fingerprint density at radius 2 is 1.81 bits per heavy atom. The fourth-order valence-corrected chi connectivity index (χ4v) is 3.14. The maximum Gasteiger partial charge on any atom is 0.336 e. The van der Waals surface area contributed by atoms with E-state index in [1.54, 1.807) is 12.1 Å². The molecular weight excluding hydrogens is 338 g/mol. The first-order valence-electron chi connectivity index (χ1n) is 9.46. The highest BCUT2D eigenvalue weighted by Crippen LogP contribution is 2.24. The standard InChI is InChI=1S/C22H25N3O2/c1-3-5-10-20-23-21(4-2)25(24-20)15-16-11-13-17(14-12-16)18-8-6-7-9-19(18)22(26)27/h6-9,11-14H,3-5,10,15H2,1-2H3,(H,26,27). The molecular formula is C22H25N3O2. The minimum atomic E-state index is -0.913. The van der Waals surface area contributed by atoms with E-state index in [2.05, 4.69) is 23.9 Å². The van der Waals surface area contributed by atoms with Gasteiger partial charge in [-0.25, -0.2) is 14.5 Å². The van der Waals surface area contributed by atoms with Gasteiger partial charge in [-0.3, -0.25) is 0 Å². The van der Waals surface area contributed by atoms with Crippen LogP contribution in [0.2, 0.25) is 0 Å². The van der Waals surface area contributed by atoms with Crippen LogP contribution < -0.4 is 0 Å². The van der Waals surface area contributed by atoms with Crippen molar-refractivity contribution in [3.63, 3.8) is 0 Å². The molecule has 0 atom stereocenters. The predicted octanol–water partition coefficient (Wildman–Crippen LogP) is 4.60. The van der Waals surface area contributed by atoms with Crippen LogP contribution in [0.4, 0.5) is 0 Å². The molecule has 3 aromatic rings. The summed E-state index contributed by atoms with van der Waals surface area (Å²) in [7, 11) is 0. The maximum absolute atomic E-state index is 11.4. The van der Waals surface area contributed by atoms with Crippen molar-refractivity contribution in [3.05, 3.63) is 71.3 Å². The molecule has 5 nitrogen and oxygen atoms in total. The maximum atomic E-state index is 11.4. The van der Waals surface area contributed by atoms with Crippen LogP contribution in [0.25, 0.3) is 11.1 Å². The van der Waals surface area contributed by atoms with Crippen LogP contribution >= 0.6 is 0 Å². The van der Waals surface area contributed by atoms with Crippen molar-refractivity contribution >= 4 is 5.97 Å². The van der Waals surface area contributed by atoms with Gasteiger partial charge in [0.05, 0.1) is 12.1 Å². The lowest BCUT2D eigenvalue weighted by molar-refractivity contribution is 0.0697. The Kier molecular flexibility index (Phi) is 6.01. The molecule has 0 radical (unpaired) electrons. The molecule has 5 heteroatoms. The summed E-state index contributed by atoms with van der Waals surface area (Å²) in [5.74, 6) is 1.01. The molecule has 1 N–H and O–H groups in total. The quantitative estimate of drug-likeness (QED) is 0.635. The van der Waals surface area contributed by atoms with Gasteiger partial charge in [0.1, 0.15) is 5.82 Å². The number of hydrogen-bond acceptors (Lipinski definition) is 3. The topological polar surface area (TPSA) is 68.0 Å². The Balaban J connectivity index is 1.81. The second kappa shape index (κ2) is 8.62. The van der Waals surface area contributed by atoms with Crippen molar-refractivity contribution in [2.45, 2.75) is 46.1 Å². The van der Waals surface area contributed by atoms with E-state index >= 15 is 0 Å². The number of aromatic carboxylic acids is 1. The van der Waals surface area contributed by atoms with Crippen molar-refractivity contribution in [1.82, 2.24) is 14.8 Å². The van der Waals surface area contributed by atoms with E-state index in [1.807, 2.05) is 41.1 Å². The number of rotatable bonds is 8. The second-order valence-corrected chi connectivity index (χ2v) is 6.61. The summed E-state index contributed by atoms with van der Waals surface area (Å²) in [6.07, 6.45) is 4.00. The van der Waals surface area contributed by atoms with Gasteiger partial charge >= 0.3 is 5.97 Å². The number of aromatic nitrogens is 3. The van der Waals surface area contributed by atoms with Gasteiger partial charge in [0.25, 0.3) is 0 Å². The van der Waals surface area contributed by atoms with E-state index in [0.717, 1.165) is 54.0 Å². The highest BCUT2D eigenvalue weighted by molar-refractivity contribution is 5.95. The number of nitrogens with zero attached hydrogens (tertiary/aromatic N) is 3. The molecule has 140 valence electrons. The lowest BCUT2D eigenvalue weighted by Gasteiger charge is -2.08. The second-order valence-electron chi connectivity index (χ2n) is 6.61. The zero-order valence-electron chi connectivity index (χ0n) is 15.9. The van der Waals surface area contributed by atoms with E-state index in [4.69, 9.17) is 0 Å². The summed E-state index contributed by atoms with van der Waals surface area (Å²) in [5.41, 5.74) is 3.06. The highest BCUT2D eigenvalue weighted by Gasteiger charge is 2.12. The van der Waals surface area contributed by atoms with Gasteiger partial charge in [-0.05, 0) is 29.2 Å². The third-order valence-electron chi connectivity index (χ3n) is 4.62. The van der Waals surface area contributed by atoms with Crippen molar-refractivity contribution in [1.29, 1.82) is 0 Å². The molecule has 0 aliphatic rings. The summed E-state index contributed by atoms with van der Waals surface area (Å²) >= 11 is 0. The predicted molar refractivity (Wildman–Crippen MR) is 106 cm³/mol. The Hall–Kier alpha value is -2.95. The molecule has 27 heavy (non-hydrogen) atoms.